The third-order valence-corrected chi connectivity index (χ3v) is 2.14. The van der Waals surface area contributed by atoms with Crippen LogP contribution in [0.3, 0.4) is 0 Å². The minimum Gasteiger partial charge on any atom is -0.463 e. The molecule has 1 aromatic rings. The van der Waals surface area contributed by atoms with E-state index in [2.05, 4.69) is 27.0 Å². The van der Waals surface area contributed by atoms with Gasteiger partial charge in [-0.3, -0.25) is 0 Å². The molecule has 1 rings (SSSR count). The summed E-state index contributed by atoms with van der Waals surface area (Å²) in [6, 6.07) is 10.0. The highest BCUT2D eigenvalue weighted by atomic mass is 16.5. The highest BCUT2D eigenvalue weighted by molar-refractivity contribution is 5.81. The number of rotatable bonds is 5. The van der Waals surface area contributed by atoms with Gasteiger partial charge in [-0.15, -0.1) is 0 Å². The van der Waals surface area contributed by atoms with Crippen molar-refractivity contribution in [3.63, 3.8) is 0 Å². The summed E-state index contributed by atoms with van der Waals surface area (Å²) >= 11 is 0. The maximum Gasteiger partial charge on any atom is 0.330 e. The number of esters is 1. The first-order chi connectivity index (χ1) is 8.60. The molecule has 98 valence electrons. The molecular weight excluding hydrogens is 224 g/mol. The summed E-state index contributed by atoms with van der Waals surface area (Å²) in [7, 11) is 0. The minimum atomic E-state index is -0.333. The van der Waals surface area contributed by atoms with E-state index in [1.165, 1.54) is 11.6 Å². The second-order valence-corrected chi connectivity index (χ2v) is 4.17. The van der Waals surface area contributed by atoms with Gasteiger partial charge in [0.05, 0.1) is 6.61 Å². The van der Waals surface area contributed by atoms with Crippen molar-refractivity contribution in [2.45, 2.75) is 20.3 Å². The smallest absolute Gasteiger partial charge is 0.330 e. The van der Waals surface area contributed by atoms with E-state index in [1.807, 2.05) is 36.4 Å². The Kier molecular flexibility index (Phi) is 9.28. The first-order valence-electron chi connectivity index (χ1n) is 6.06. The summed E-state index contributed by atoms with van der Waals surface area (Å²) in [6.45, 7) is 11.6. The van der Waals surface area contributed by atoms with Crippen LogP contribution in [0.5, 0.6) is 0 Å². The molecule has 0 amide bonds. The van der Waals surface area contributed by atoms with Crippen molar-refractivity contribution < 1.29 is 9.53 Å². The zero-order valence-electron chi connectivity index (χ0n) is 11.3. The van der Waals surface area contributed by atoms with Crippen LogP contribution >= 0.6 is 0 Å². The van der Waals surface area contributed by atoms with Gasteiger partial charge in [-0.2, -0.15) is 0 Å². The minimum absolute atomic E-state index is 0.333. The van der Waals surface area contributed by atoms with E-state index in [1.54, 1.807) is 0 Å². The molecule has 0 spiro atoms. The van der Waals surface area contributed by atoms with Gasteiger partial charge in [0.1, 0.15) is 0 Å². The molecule has 0 heterocycles. The van der Waals surface area contributed by atoms with Crippen LogP contribution in [0.1, 0.15) is 25.8 Å². The quantitative estimate of drug-likeness (QED) is 0.577. The van der Waals surface area contributed by atoms with Gasteiger partial charge in [0, 0.05) is 6.08 Å². The lowest BCUT2D eigenvalue weighted by atomic mass is 10.1. The molecule has 2 heteroatoms. The Labute approximate surface area is 110 Å². The van der Waals surface area contributed by atoms with Gasteiger partial charge in [0.25, 0.3) is 0 Å². The van der Waals surface area contributed by atoms with E-state index in [-0.39, 0.29) is 5.97 Å². The molecule has 2 nitrogen and oxygen atoms in total. The molecule has 0 unspecified atom stereocenters. The fourth-order valence-corrected chi connectivity index (χ4v) is 1.04. The van der Waals surface area contributed by atoms with Crippen molar-refractivity contribution in [2.24, 2.45) is 5.92 Å². The molecule has 0 bridgehead atoms. The number of carbonyl (C=O) groups is 1. The fraction of sp³-hybridized carbons (Fsp3) is 0.312. The largest absolute Gasteiger partial charge is 0.463 e. The molecule has 0 aromatic heterocycles. The van der Waals surface area contributed by atoms with Crippen molar-refractivity contribution in [1.29, 1.82) is 0 Å². The van der Waals surface area contributed by atoms with E-state index < -0.39 is 0 Å². The first-order valence-corrected chi connectivity index (χ1v) is 6.06. The van der Waals surface area contributed by atoms with E-state index >= 15 is 0 Å². The Balaban J connectivity index is 0.000000327. The summed E-state index contributed by atoms with van der Waals surface area (Å²) in [5.41, 5.74) is 1.17. The Morgan fingerprint density at radius 1 is 1.28 bits per heavy atom. The van der Waals surface area contributed by atoms with Crippen molar-refractivity contribution in [3.05, 3.63) is 55.1 Å². The lowest BCUT2D eigenvalue weighted by Gasteiger charge is -2.03. The molecular formula is C16H22O2. The first kappa shape index (κ1) is 16.2. The van der Waals surface area contributed by atoms with Crippen LogP contribution in [-0.4, -0.2) is 12.6 Å². The van der Waals surface area contributed by atoms with E-state index in [0.29, 0.717) is 12.5 Å². The van der Waals surface area contributed by atoms with Gasteiger partial charge in [-0.25, -0.2) is 4.79 Å². The summed E-state index contributed by atoms with van der Waals surface area (Å²) in [5.74, 6) is 0.248. The van der Waals surface area contributed by atoms with E-state index in [4.69, 9.17) is 4.74 Å². The predicted molar refractivity (Wildman–Crippen MR) is 77.1 cm³/mol. The SMILES string of the molecule is C=CC(=O)OCCC(C)C.C=Cc1ccccc1. The van der Waals surface area contributed by atoms with Crippen molar-refractivity contribution in [2.75, 3.05) is 6.61 Å². The van der Waals surface area contributed by atoms with Crippen LogP contribution in [0.4, 0.5) is 0 Å². The predicted octanol–water partition coefficient (Wildman–Crippen LogP) is 4.09. The monoisotopic (exact) mass is 246 g/mol. The van der Waals surface area contributed by atoms with E-state index in [9.17, 15) is 4.79 Å². The van der Waals surface area contributed by atoms with Crippen molar-refractivity contribution in [3.8, 4) is 0 Å². The molecule has 0 aliphatic heterocycles. The standard InChI is InChI=1S/C8H14O2.C8H8/c1-4-8(9)10-6-5-7(2)3;1-2-8-6-4-3-5-7-8/h4,7H,1,5-6H2,2-3H3;2-7H,1H2. The Morgan fingerprint density at radius 3 is 2.28 bits per heavy atom. The molecule has 0 aliphatic carbocycles. The molecule has 0 atom stereocenters. The van der Waals surface area contributed by atoms with Gasteiger partial charge in [-0.05, 0) is 17.9 Å². The summed E-state index contributed by atoms with van der Waals surface area (Å²) in [5, 5.41) is 0. The topological polar surface area (TPSA) is 26.3 Å². The maximum atomic E-state index is 10.5. The van der Waals surface area contributed by atoms with Gasteiger partial charge < -0.3 is 4.74 Å². The average Bonchev–Trinajstić information content (AvgIpc) is 2.39. The lowest BCUT2D eigenvalue weighted by molar-refractivity contribution is -0.138. The number of benzene rings is 1. The second-order valence-electron chi connectivity index (χ2n) is 4.17. The Bertz CT molecular complexity index is 353. The fourth-order valence-electron chi connectivity index (χ4n) is 1.04. The number of ether oxygens (including phenoxy) is 1. The van der Waals surface area contributed by atoms with Crippen LogP contribution in [0.15, 0.2) is 49.6 Å². The molecule has 0 aliphatic rings. The summed E-state index contributed by atoms with van der Waals surface area (Å²) in [4.78, 5) is 10.5. The molecule has 0 radical (unpaired) electrons. The molecule has 0 saturated heterocycles. The molecule has 1 aromatic carbocycles. The zero-order chi connectivity index (χ0) is 13.8. The number of hydrogen-bond acceptors (Lipinski definition) is 2. The van der Waals surface area contributed by atoms with Gasteiger partial charge in [-0.1, -0.05) is 63.4 Å². The van der Waals surface area contributed by atoms with Crippen molar-refractivity contribution >= 4 is 12.0 Å². The summed E-state index contributed by atoms with van der Waals surface area (Å²) < 4.78 is 4.74. The zero-order valence-corrected chi connectivity index (χ0v) is 11.3. The highest BCUT2D eigenvalue weighted by Gasteiger charge is 1.96. The van der Waals surface area contributed by atoms with Gasteiger partial charge in [0.2, 0.25) is 0 Å². The number of hydrogen-bond donors (Lipinski definition) is 0. The third-order valence-electron chi connectivity index (χ3n) is 2.14. The highest BCUT2D eigenvalue weighted by Crippen LogP contribution is 1.98. The molecule has 0 N–H and O–H groups in total. The lowest BCUT2D eigenvalue weighted by Crippen LogP contribution is -2.03. The van der Waals surface area contributed by atoms with E-state index in [0.717, 1.165) is 6.42 Å². The molecule has 0 saturated carbocycles. The second kappa shape index (κ2) is 10.3. The van der Waals surface area contributed by atoms with Crippen LogP contribution < -0.4 is 0 Å². The average molecular weight is 246 g/mol. The van der Waals surface area contributed by atoms with Gasteiger partial charge >= 0.3 is 5.97 Å². The van der Waals surface area contributed by atoms with Crippen LogP contribution in [0, 0.1) is 5.92 Å². The number of carbonyl (C=O) groups excluding carboxylic acids is 1. The third kappa shape index (κ3) is 9.40. The van der Waals surface area contributed by atoms with Crippen LogP contribution in [0.25, 0.3) is 6.08 Å². The summed E-state index contributed by atoms with van der Waals surface area (Å²) in [6.07, 6.45) is 3.93. The van der Waals surface area contributed by atoms with Gasteiger partial charge in [0.15, 0.2) is 0 Å². The normalized spacial score (nSPS) is 9.06. The Hall–Kier alpha value is -1.83. The van der Waals surface area contributed by atoms with Crippen molar-refractivity contribution in [1.82, 2.24) is 0 Å². The molecule has 0 fully saturated rings. The maximum absolute atomic E-state index is 10.5. The Morgan fingerprint density at radius 2 is 1.89 bits per heavy atom. The van der Waals surface area contributed by atoms with Crippen LogP contribution in [0.2, 0.25) is 0 Å². The van der Waals surface area contributed by atoms with Crippen LogP contribution in [-0.2, 0) is 9.53 Å². The molecule has 18 heavy (non-hydrogen) atoms.